The highest BCUT2D eigenvalue weighted by atomic mass is 16.3. The van der Waals surface area contributed by atoms with Crippen molar-refractivity contribution in [2.45, 2.75) is 83.3 Å². The van der Waals surface area contributed by atoms with Crippen LogP contribution in [0.15, 0.2) is 12.1 Å². The molecule has 10 heteroatoms. The highest BCUT2D eigenvalue weighted by Gasteiger charge is 2.43. The van der Waals surface area contributed by atoms with Crippen molar-refractivity contribution in [3.8, 4) is 0 Å². The Morgan fingerprint density at radius 3 is 2.57 bits per heavy atom. The number of aliphatic hydroxyl groups is 1. The van der Waals surface area contributed by atoms with E-state index in [-0.39, 0.29) is 43.4 Å². The zero-order valence-corrected chi connectivity index (χ0v) is 22.3. The molecule has 37 heavy (non-hydrogen) atoms. The smallest absolute Gasteiger partial charge is 0.222 e. The van der Waals surface area contributed by atoms with Crippen LogP contribution in [0.2, 0.25) is 0 Å². The van der Waals surface area contributed by atoms with Crippen LogP contribution in [-0.2, 0) is 32.0 Å². The van der Waals surface area contributed by atoms with Crippen molar-refractivity contribution in [1.82, 2.24) is 20.1 Å². The molecule has 1 aromatic rings. The van der Waals surface area contributed by atoms with Crippen molar-refractivity contribution in [3.05, 3.63) is 23.4 Å². The third kappa shape index (κ3) is 7.99. The van der Waals surface area contributed by atoms with Crippen LogP contribution in [0.25, 0.3) is 0 Å². The summed E-state index contributed by atoms with van der Waals surface area (Å²) < 4.78 is 0. The molecule has 2 aliphatic rings. The van der Waals surface area contributed by atoms with Gasteiger partial charge in [-0.1, -0.05) is 6.07 Å². The number of pyridine rings is 1. The summed E-state index contributed by atoms with van der Waals surface area (Å²) in [5.74, 6) is 0.145. The van der Waals surface area contributed by atoms with Crippen molar-refractivity contribution in [2.75, 3.05) is 38.5 Å². The lowest BCUT2D eigenvalue weighted by atomic mass is 9.82. The lowest BCUT2D eigenvalue weighted by Crippen LogP contribution is -2.61. The molecule has 0 saturated carbocycles. The van der Waals surface area contributed by atoms with Crippen molar-refractivity contribution >= 4 is 29.3 Å². The summed E-state index contributed by atoms with van der Waals surface area (Å²) in [4.78, 5) is 56.6. The molecule has 0 aliphatic carbocycles. The van der Waals surface area contributed by atoms with Gasteiger partial charge in [-0.15, -0.1) is 0 Å². The number of Topliss-reactive ketones (excluding diaryl/α,β-unsaturated/α-hetero) is 1. The van der Waals surface area contributed by atoms with Crippen molar-refractivity contribution in [2.24, 2.45) is 0 Å². The van der Waals surface area contributed by atoms with Gasteiger partial charge in [0.25, 0.3) is 0 Å². The van der Waals surface area contributed by atoms with E-state index >= 15 is 0 Å². The van der Waals surface area contributed by atoms with Crippen LogP contribution in [0.5, 0.6) is 0 Å². The van der Waals surface area contributed by atoms with E-state index in [0.717, 1.165) is 50.2 Å². The number of likely N-dealkylation sites (tertiary alicyclic amines) is 1. The molecule has 3 N–H and O–H groups in total. The van der Waals surface area contributed by atoms with Gasteiger partial charge in [0.05, 0.1) is 5.60 Å². The number of aryl methyl sites for hydroxylation is 2. The van der Waals surface area contributed by atoms with Gasteiger partial charge in [0, 0.05) is 58.7 Å². The largest absolute Gasteiger partial charge is 0.387 e. The molecule has 0 radical (unpaired) electrons. The number of rotatable bonds is 11. The predicted octanol–water partition coefficient (Wildman–Crippen LogP) is 1.45. The summed E-state index contributed by atoms with van der Waals surface area (Å²) in [5.41, 5.74) is 0.896. The number of aromatic nitrogens is 1. The molecule has 2 aliphatic heterocycles. The Hall–Kier alpha value is -3.01. The van der Waals surface area contributed by atoms with Crippen LogP contribution in [0, 0.1) is 0 Å². The summed E-state index contributed by atoms with van der Waals surface area (Å²) in [6.45, 7) is 4.61. The fourth-order valence-corrected chi connectivity index (χ4v) is 4.95. The van der Waals surface area contributed by atoms with Crippen LogP contribution < -0.4 is 10.6 Å². The Balaban J connectivity index is 1.42. The number of hydrogen-bond donors (Lipinski definition) is 3. The maximum atomic E-state index is 12.7. The fourth-order valence-electron chi connectivity index (χ4n) is 4.95. The highest BCUT2D eigenvalue weighted by molar-refractivity contribution is 5.89. The molecule has 1 saturated heterocycles. The second kappa shape index (κ2) is 13.0. The lowest BCUT2D eigenvalue weighted by Gasteiger charge is -2.42. The topological polar surface area (TPSA) is 132 Å². The van der Waals surface area contributed by atoms with E-state index in [0.29, 0.717) is 19.5 Å². The molecule has 3 amide bonds. The standard InChI is InChI=1S/C27H41N5O5/c1-19(33)25(30-23(35)12-16-31(3)20(2)34)27(37)13-17-32(18-14-27)24(36)9-5-4-8-22-11-10-21-7-6-15-28-26(21)29-22/h10-11,25,37H,4-9,12-18H2,1-3H3,(H,28,29)(H,30,35). The average molecular weight is 516 g/mol. The highest BCUT2D eigenvalue weighted by Crippen LogP contribution is 2.27. The van der Waals surface area contributed by atoms with Crippen molar-refractivity contribution in [3.63, 3.8) is 0 Å². The van der Waals surface area contributed by atoms with E-state index in [1.54, 1.807) is 11.9 Å². The number of carbonyl (C=O) groups excluding carboxylic acids is 4. The fraction of sp³-hybridized carbons (Fsp3) is 0.667. The number of anilines is 1. The number of hydrogen-bond acceptors (Lipinski definition) is 7. The van der Waals surface area contributed by atoms with Gasteiger partial charge in [-0.25, -0.2) is 4.98 Å². The zero-order chi connectivity index (χ0) is 27.0. The first-order chi connectivity index (χ1) is 17.6. The van der Waals surface area contributed by atoms with Crippen LogP contribution >= 0.6 is 0 Å². The first-order valence-corrected chi connectivity index (χ1v) is 13.3. The molecule has 0 aromatic carbocycles. The molecule has 0 bridgehead atoms. The first-order valence-electron chi connectivity index (χ1n) is 13.3. The van der Waals surface area contributed by atoms with Gasteiger partial charge in [-0.3, -0.25) is 19.2 Å². The van der Waals surface area contributed by atoms with Gasteiger partial charge in [-0.2, -0.15) is 0 Å². The maximum Gasteiger partial charge on any atom is 0.222 e. The third-order valence-electron chi connectivity index (χ3n) is 7.47. The van der Waals surface area contributed by atoms with Crippen molar-refractivity contribution < 1.29 is 24.3 Å². The molecule has 1 unspecified atom stereocenters. The number of carbonyl (C=O) groups is 4. The maximum absolute atomic E-state index is 12.7. The van der Waals surface area contributed by atoms with Crippen molar-refractivity contribution in [1.29, 1.82) is 0 Å². The second-order valence-electron chi connectivity index (χ2n) is 10.3. The summed E-state index contributed by atoms with van der Waals surface area (Å²) in [5, 5.41) is 17.2. The number of nitrogens with zero attached hydrogens (tertiary/aromatic N) is 3. The minimum absolute atomic E-state index is 0.0396. The van der Waals surface area contributed by atoms with Gasteiger partial charge >= 0.3 is 0 Å². The normalized spacial score (nSPS) is 17.2. The Morgan fingerprint density at radius 1 is 1.16 bits per heavy atom. The molecular formula is C27H41N5O5. The second-order valence-corrected chi connectivity index (χ2v) is 10.3. The first kappa shape index (κ1) is 28.6. The van der Waals surface area contributed by atoms with Gasteiger partial charge < -0.3 is 25.5 Å². The van der Waals surface area contributed by atoms with Crippen LogP contribution in [0.4, 0.5) is 5.82 Å². The molecule has 3 rings (SSSR count). The number of amides is 3. The van der Waals surface area contributed by atoms with Crippen LogP contribution in [0.1, 0.15) is 70.1 Å². The molecule has 1 aromatic heterocycles. The minimum Gasteiger partial charge on any atom is -0.387 e. The Morgan fingerprint density at radius 2 is 1.89 bits per heavy atom. The van der Waals surface area contributed by atoms with E-state index in [1.165, 1.54) is 24.3 Å². The number of nitrogens with one attached hydrogen (secondary N) is 2. The summed E-state index contributed by atoms with van der Waals surface area (Å²) >= 11 is 0. The third-order valence-corrected chi connectivity index (χ3v) is 7.47. The summed E-state index contributed by atoms with van der Waals surface area (Å²) in [7, 11) is 1.60. The van der Waals surface area contributed by atoms with Gasteiger partial charge in [-0.05, 0) is 63.5 Å². The minimum atomic E-state index is -1.41. The van der Waals surface area contributed by atoms with Gasteiger partial charge in [0.2, 0.25) is 17.7 Å². The molecule has 1 atom stereocenters. The molecule has 0 spiro atoms. The Labute approximate surface area is 219 Å². The molecule has 204 valence electrons. The number of piperidine rings is 1. The molecule has 3 heterocycles. The molecular weight excluding hydrogens is 474 g/mol. The monoisotopic (exact) mass is 515 g/mol. The average Bonchev–Trinajstić information content (AvgIpc) is 2.88. The van der Waals surface area contributed by atoms with Gasteiger partial charge in [0.15, 0.2) is 5.78 Å². The number of fused-ring (bicyclic) bond motifs is 1. The lowest BCUT2D eigenvalue weighted by molar-refractivity contribution is -0.143. The van der Waals surface area contributed by atoms with E-state index < -0.39 is 17.6 Å². The summed E-state index contributed by atoms with van der Waals surface area (Å²) in [6.07, 6.45) is 5.53. The number of unbranched alkanes of at least 4 members (excludes halogenated alkanes) is 1. The Bertz CT molecular complexity index is 989. The van der Waals surface area contributed by atoms with Crippen LogP contribution in [0.3, 0.4) is 0 Å². The quantitative estimate of drug-likeness (QED) is 0.380. The van der Waals surface area contributed by atoms with E-state index in [1.807, 2.05) is 0 Å². The summed E-state index contributed by atoms with van der Waals surface area (Å²) in [6, 6.07) is 3.18. The van der Waals surface area contributed by atoms with E-state index in [2.05, 4.69) is 22.8 Å². The van der Waals surface area contributed by atoms with E-state index in [4.69, 9.17) is 4.98 Å². The van der Waals surface area contributed by atoms with E-state index in [9.17, 15) is 24.3 Å². The Kier molecular flexibility index (Phi) is 10.0. The SMILES string of the molecule is CC(=O)C(NC(=O)CCN(C)C(C)=O)C1(O)CCN(C(=O)CCCCc2ccc3c(n2)NCCC3)CC1. The van der Waals surface area contributed by atoms with Crippen LogP contribution in [-0.4, -0.2) is 88.3 Å². The number of ketones is 1. The molecule has 10 nitrogen and oxygen atoms in total. The van der Waals surface area contributed by atoms with Gasteiger partial charge in [0.1, 0.15) is 11.9 Å². The zero-order valence-electron chi connectivity index (χ0n) is 22.3. The molecule has 1 fully saturated rings. The predicted molar refractivity (Wildman–Crippen MR) is 140 cm³/mol.